The zero-order valence-corrected chi connectivity index (χ0v) is 43.9. The summed E-state index contributed by atoms with van der Waals surface area (Å²) in [6.45, 7) is 32.1. The van der Waals surface area contributed by atoms with Gasteiger partial charge in [0.1, 0.15) is 0 Å². The Balaban J connectivity index is 0.000000156. The van der Waals surface area contributed by atoms with Gasteiger partial charge in [0.25, 0.3) is 23.6 Å². The third-order valence-corrected chi connectivity index (χ3v) is 15.6. The van der Waals surface area contributed by atoms with E-state index in [1.807, 2.05) is 147 Å². The summed E-state index contributed by atoms with van der Waals surface area (Å²) in [6.07, 6.45) is 0. The van der Waals surface area contributed by atoms with Gasteiger partial charge in [0.05, 0.1) is 67.9 Å². The molecular weight excluding hydrogens is 925 g/mol. The van der Waals surface area contributed by atoms with Crippen molar-refractivity contribution in [3.8, 4) is 0 Å². The van der Waals surface area contributed by atoms with Crippen LogP contribution in [-0.2, 0) is 27.9 Å². The van der Waals surface area contributed by atoms with Crippen LogP contribution in [0.4, 0.5) is 0 Å². The maximum absolute atomic E-state index is 12.8. The maximum Gasteiger partial charge on any atom is 0.494 e. The highest BCUT2D eigenvalue weighted by atomic mass is 79.9. The van der Waals surface area contributed by atoms with Crippen LogP contribution in [0.25, 0.3) is 0 Å². The van der Waals surface area contributed by atoms with E-state index in [-0.39, 0.29) is 58.1 Å². The molecule has 4 amide bonds. The number of fused-ring (bicyclic) bond motifs is 2. The fourth-order valence-corrected chi connectivity index (χ4v) is 9.27. The Labute approximate surface area is 411 Å². The van der Waals surface area contributed by atoms with Gasteiger partial charge >= 0.3 is 21.1 Å². The predicted molar refractivity (Wildman–Crippen MR) is 269 cm³/mol. The molecule has 0 aliphatic carbocycles. The molecule has 2 atom stereocenters. The van der Waals surface area contributed by atoms with Crippen LogP contribution in [-0.4, -0.2) is 88.2 Å². The van der Waals surface area contributed by atoms with E-state index < -0.39 is 32.3 Å². The van der Waals surface area contributed by atoms with E-state index in [0.29, 0.717) is 22.3 Å². The summed E-state index contributed by atoms with van der Waals surface area (Å²) >= 11 is 3.43. The van der Waals surface area contributed by atoms with Crippen molar-refractivity contribution in [3.63, 3.8) is 0 Å². The normalized spacial score (nSPS) is 22.1. The minimum absolute atomic E-state index is 0.217. The van der Waals surface area contributed by atoms with Gasteiger partial charge in [-0.05, 0) is 175 Å². The molecule has 4 aromatic rings. The van der Waals surface area contributed by atoms with Crippen molar-refractivity contribution in [3.05, 3.63) is 134 Å². The lowest BCUT2D eigenvalue weighted by Crippen LogP contribution is -2.41. The molecule has 9 rings (SSSR count). The van der Waals surface area contributed by atoms with Gasteiger partial charge in [-0.3, -0.25) is 29.0 Å². The highest BCUT2D eigenvalue weighted by Gasteiger charge is 2.64. The van der Waals surface area contributed by atoms with Gasteiger partial charge in [-0.2, -0.15) is 0 Å². The number of amides is 4. The van der Waals surface area contributed by atoms with E-state index in [1.165, 1.54) is 9.80 Å². The quantitative estimate of drug-likeness (QED) is 0.136. The van der Waals surface area contributed by atoms with Crippen LogP contribution in [0.15, 0.2) is 89.4 Å². The highest BCUT2D eigenvalue weighted by Crippen LogP contribution is 2.43. The first kappa shape index (κ1) is 51.4. The summed E-state index contributed by atoms with van der Waals surface area (Å²) in [5, 5.41) is 0. The Morgan fingerprint density at radius 2 is 0.735 bits per heavy atom. The van der Waals surface area contributed by atoms with Crippen LogP contribution in [0, 0.1) is 13.8 Å². The molecule has 0 bridgehead atoms. The molecule has 3 fully saturated rings. The first-order chi connectivity index (χ1) is 31.4. The molecule has 358 valence electrons. The molecule has 5 heterocycles. The first-order valence-electron chi connectivity index (χ1n) is 23.3. The molecular formula is C52H64B3BrN2O10. The van der Waals surface area contributed by atoms with Crippen molar-refractivity contribution in [1.82, 2.24) is 9.80 Å². The Hall–Kier alpha value is -4.41. The summed E-state index contributed by atoms with van der Waals surface area (Å²) in [5.74, 6) is -0.920. The minimum atomic E-state index is -0.476. The summed E-state index contributed by atoms with van der Waals surface area (Å²) in [5.41, 5.74) is 4.54. The number of benzene rings is 4. The number of carbonyl (C=O) groups is 4. The van der Waals surface area contributed by atoms with Gasteiger partial charge in [-0.25, -0.2) is 0 Å². The average Bonchev–Trinajstić information content (AvgIpc) is 3.90. The summed E-state index contributed by atoms with van der Waals surface area (Å²) in [6, 6.07) is 25.1. The molecule has 4 aromatic carbocycles. The van der Waals surface area contributed by atoms with Crippen molar-refractivity contribution in [2.45, 2.75) is 156 Å². The summed E-state index contributed by atoms with van der Waals surface area (Å²) in [7, 11) is -1.39. The molecule has 16 heteroatoms. The van der Waals surface area contributed by atoms with Crippen molar-refractivity contribution in [2.24, 2.45) is 0 Å². The van der Waals surface area contributed by atoms with E-state index in [4.69, 9.17) is 27.9 Å². The Morgan fingerprint density at radius 3 is 1.04 bits per heavy atom. The largest absolute Gasteiger partial charge is 0.494 e. The number of aryl methyl sites for hydroxylation is 2. The highest BCUT2D eigenvalue weighted by molar-refractivity contribution is 9.10. The maximum atomic E-state index is 12.8. The Morgan fingerprint density at radius 1 is 0.441 bits per heavy atom. The van der Waals surface area contributed by atoms with Crippen molar-refractivity contribution in [1.29, 1.82) is 0 Å². The number of imide groups is 2. The molecule has 2 unspecified atom stereocenters. The van der Waals surface area contributed by atoms with Crippen LogP contribution < -0.4 is 5.46 Å². The van der Waals surface area contributed by atoms with Gasteiger partial charge in [-0.1, -0.05) is 64.5 Å². The monoisotopic (exact) mass is 988 g/mol. The molecule has 3 saturated heterocycles. The van der Waals surface area contributed by atoms with Gasteiger partial charge < -0.3 is 27.9 Å². The second kappa shape index (κ2) is 18.1. The van der Waals surface area contributed by atoms with Crippen LogP contribution in [0.1, 0.15) is 173 Å². The Bertz CT molecular complexity index is 2510. The Kier molecular flexibility index (Phi) is 13.7. The molecule has 0 aromatic heterocycles. The lowest BCUT2D eigenvalue weighted by molar-refractivity contribution is 0.00578. The molecule has 0 radical (unpaired) electrons. The van der Waals surface area contributed by atoms with E-state index in [9.17, 15) is 19.2 Å². The third-order valence-electron chi connectivity index (χ3n) is 15.1. The lowest BCUT2D eigenvalue weighted by atomic mass is 9.49. The van der Waals surface area contributed by atoms with Gasteiger partial charge in [0.15, 0.2) is 0 Å². The number of rotatable bonds is 6. The predicted octanol–water partition coefficient (Wildman–Crippen LogP) is 10.0. The van der Waals surface area contributed by atoms with Crippen molar-refractivity contribution >= 4 is 66.2 Å². The average molecular weight is 989 g/mol. The van der Waals surface area contributed by atoms with Crippen LogP contribution in [0.3, 0.4) is 0 Å². The fraction of sp³-hybridized carbons (Fsp3) is 0.462. The number of hydrogen-bond acceptors (Lipinski definition) is 10. The van der Waals surface area contributed by atoms with E-state index in [2.05, 4.69) is 15.9 Å². The van der Waals surface area contributed by atoms with Crippen LogP contribution >= 0.6 is 15.9 Å². The van der Waals surface area contributed by atoms with Crippen LogP contribution in [0.5, 0.6) is 0 Å². The molecule has 0 N–H and O–H groups in total. The summed E-state index contributed by atoms with van der Waals surface area (Å²) < 4.78 is 37.1. The number of nitrogens with zero attached hydrogens (tertiary/aromatic N) is 2. The number of carbonyl (C=O) groups excluding carboxylic acids is 4. The zero-order chi connectivity index (χ0) is 50.3. The van der Waals surface area contributed by atoms with Gasteiger partial charge in [0, 0.05) is 4.47 Å². The number of halogens is 1. The lowest BCUT2D eigenvalue weighted by Gasteiger charge is -2.32. The second-order valence-corrected chi connectivity index (χ2v) is 22.3. The smallest absolute Gasteiger partial charge is 0.405 e. The van der Waals surface area contributed by atoms with Crippen LogP contribution in [0.2, 0.25) is 0 Å². The summed E-state index contributed by atoms with van der Waals surface area (Å²) in [4.78, 5) is 53.3. The molecule has 5 aliphatic heterocycles. The second-order valence-electron chi connectivity index (χ2n) is 21.4. The first-order valence-corrected chi connectivity index (χ1v) is 24.1. The molecule has 0 spiro atoms. The molecule has 5 aliphatic rings. The van der Waals surface area contributed by atoms with E-state index >= 15 is 0 Å². The molecule has 0 saturated carbocycles. The van der Waals surface area contributed by atoms with E-state index in [1.54, 1.807) is 48.5 Å². The zero-order valence-electron chi connectivity index (χ0n) is 42.3. The van der Waals surface area contributed by atoms with Gasteiger partial charge in [-0.15, -0.1) is 0 Å². The minimum Gasteiger partial charge on any atom is -0.405 e. The molecule has 68 heavy (non-hydrogen) atoms. The number of hydrogen-bond donors (Lipinski definition) is 0. The fourth-order valence-electron chi connectivity index (χ4n) is 8.80. The third kappa shape index (κ3) is 9.22. The SMILES string of the molecule is CC1(C)OB(B2OC(C)(C)C(C)(C)O2)OC1(C)C.Cc1cc(B2OC(C)(C)C(C)(C)O2)ccc1C(C)N1C(=O)c2ccccc2C1=O.Cc1cc(Br)ccc1C(C)N1C(=O)c2ccccc2C1=O. The van der Waals surface area contributed by atoms with Crippen molar-refractivity contribution < 1.29 is 47.1 Å². The topological polar surface area (TPSA) is 130 Å². The molecule has 12 nitrogen and oxygen atoms in total. The van der Waals surface area contributed by atoms with Crippen molar-refractivity contribution in [2.75, 3.05) is 0 Å². The van der Waals surface area contributed by atoms with E-state index in [0.717, 1.165) is 32.2 Å². The standard InChI is InChI=1S/C23H26BNO4.C17H14BrNO2.C12H24B2O4/c1-14-13-16(24-28-22(3,4)23(5,6)29-24)11-12-17(14)15(2)25-20(26)18-9-7-8-10-19(18)21(25)27;1-10-9-12(18)7-8-13(10)11(2)19-16(20)14-5-3-4-6-15(14)17(19)21;1-9(2)10(3,4)16-13(15-9)14-17-11(5,6)12(7,8)18-14/h7-13,15H,1-6H3;3-9,11H,1-2H3;1-8H3. The van der Waals surface area contributed by atoms with Gasteiger partial charge in [0.2, 0.25) is 0 Å².